The summed E-state index contributed by atoms with van der Waals surface area (Å²) in [5.74, 6) is -1.32. The van der Waals surface area contributed by atoms with Gasteiger partial charge in [0, 0.05) is 25.7 Å². The van der Waals surface area contributed by atoms with Crippen molar-refractivity contribution in [2.24, 2.45) is 23.3 Å². The van der Waals surface area contributed by atoms with E-state index in [0.717, 1.165) is 84.2 Å². The second-order valence-corrected chi connectivity index (χ2v) is 23.2. The molecule has 0 aromatic heterocycles. The third kappa shape index (κ3) is 35.5. The van der Waals surface area contributed by atoms with Gasteiger partial charge in [0.15, 0.2) is 11.2 Å². The lowest BCUT2D eigenvalue weighted by Crippen LogP contribution is -2.56. The Morgan fingerprint density at radius 1 is 0.538 bits per heavy atom. The number of esters is 1. The smallest absolute Gasteiger partial charge is 0.337 e. The summed E-state index contributed by atoms with van der Waals surface area (Å²) in [5.41, 5.74) is 5.88. The number of aliphatic carboxylic acids is 3. The molecule has 0 heterocycles. The highest BCUT2D eigenvalue weighted by atomic mass is 16.5. The Morgan fingerprint density at radius 3 is 1.26 bits per heavy atom. The number of nitrogens with two attached hydrogens (primary N) is 2. The van der Waals surface area contributed by atoms with Crippen LogP contribution in [0.2, 0.25) is 0 Å². The van der Waals surface area contributed by atoms with E-state index < -0.39 is 95.5 Å². The first-order valence-electron chi connectivity index (χ1n) is 32.6. The summed E-state index contributed by atoms with van der Waals surface area (Å²) in [7, 11) is 1.15. The van der Waals surface area contributed by atoms with Crippen LogP contribution >= 0.6 is 0 Å². The fourth-order valence-electron chi connectivity index (χ4n) is 10.0. The Balaban J connectivity index is 0.000000930. The highest BCUT2D eigenvalue weighted by Gasteiger charge is 2.50. The van der Waals surface area contributed by atoms with E-state index in [1.54, 1.807) is 74.5 Å². The summed E-state index contributed by atoms with van der Waals surface area (Å²) in [4.78, 5) is 111. The zero-order valence-electron chi connectivity index (χ0n) is 55.3. The number of unbranched alkanes of at least 4 members (excludes halogenated alkanes) is 16. The number of methoxy groups -OCH3 is 1. The number of carbonyl (C=O) groups is 9. The molecule has 0 saturated carbocycles. The van der Waals surface area contributed by atoms with Crippen molar-refractivity contribution < 1.29 is 88.0 Å². The van der Waals surface area contributed by atoms with Gasteiger partial charge in [0.25, 0.3) is 0 Å². The number of aliphatic hydroxyl groups is 3. The van der Waals surface area contributed by atoms with Gasteiger partial charge in [-0.2, -0.15) is 0 Å². The number of ether oxygens (including phenoxy) is 3. The largest absolute Gasteiger partial charge is 0.481 e. The van der Waals surface area contributed by atoms with E-state index in [2.05, 4.69) is 48.2 Å². The van der Waals surface area contributed by atoms with Crippen molar-refractivity contribution in [1.82, 2.24) is 10.6 Å². The quantitative estimate of drug-likeness (QED) is 0.0128. The molecule has 0 radical (unpaired) electrons. The van der Waals surface area contributed by atoms with Crippen LogP contribution in [0.4, 0.5) is 0 Å². The fraction of sp³-hybridized carbons (Fsp3) is 0.592. The predicted octanol–water partition coefficient (Wildman–Crippen LogP) is 8.55. The number of allylic oxidation sites excluding steroid dienone is 2. The Kier molecular flexibility index (Phi) is 43.4. The maximum Gasteiger partial charge on any atom is 0.337 e. The number of carboxylic acid groups (broad SMARTS) is 3. The maximum atomic E-state index is 13.5. The van der Waals surface area contributed by atoms with Crippen LogP contribution in [0.15, 0.2) is 72.8 Å². The van der Waals surface area contributed by atoms with Gasteiger partial charge >= 0.3 is 23.9 Å². The van der Waals surface area contributed by atoms with E-state index in [1.165, 1.54) is 50.7 Å². The molecule has 2 rings (SSSR count). The van der Waals surface area contributed by atoms with E-state index in [-0.39, 0.29) is 37.9 Å². The van der Waals surface area contributed by atoms with Crippen molar-refractivity contribution in [3.63, 3.8) is 0 Å². The maximum absolute atomic E-state index is 13.5. The molecule has 22 nitrogen and oxygen atoms in total. The first-order chi connectivity index (χ1) is 44.4. The Bertz CT molecular complexity index is 2780. The molecule has 0 aliphatic carbocycles. The van der Waals surface area contributed by atoms with Gasteiger partial charge in [-0.05, 0) is 101 Å². The lowest BCUT2D eigenvalue weighted by molar-refractivity contribution is -0.169. The summed E-state index contributed by atoms with van der Waals surface area (Å²) in [5, 5.41) is 66.5. The lowest BCUT2D eigenvalue weighted by atomic mass is 9.82. The third-order valence-electron chi connectivity index (χ3n) is 15.4. The zero-order chi connectivity index (χ0) is 69.5. The molecule has 93 heavy (non-hydrogen) atoms. The predicted molar refractivity (Wildman–Crippen MR) is 353 cm³/mol. The number of ketones is 1. The second-order valence-electron chi connectivity index (χ2n) is 23.2. The van der Waals surface area contributed by atoms with E-state index >= 15 is 0 Å². The molecule has 2 aromatic rings. The van der Waals surface area contributed by atoms with Crippen molar-refractivity contribution in [1.29, 1.82) is 0 Å². The number of Topliss-reactive ketones (excluding diaryl/α,β-unsaturated/α-hetero) is 1. The standard InChI is InChI=1S/C36H52N2O9.C35H52N2O9/c1-4-6-8-11-14-17-28(39)18-15-12-9-10-13-16-19-30(36(45,35(43)44)26-32(37)40)33(41)38-31(34(42)46-3)25-27-20-22-29(23-21-27)47-24-7-5-2;1-3-5-7-10-13-16-27(38)17-14-11-8-9-12-15-18-29(35(45,34(43)44)25-31(36)39)32(40)37-30(33(41)42)24-26-19-21-28(22-20-26)46-23-6-4-2/h16,19-23,30-31,45H,4,6,8-15,17-18,24-26H2,1-3H3,(H2,37,40)(H,38,41)(H,43,44);15,18-22,27,29-30,38,45H,3,5,7-14,16-17,23-25H2,1-2H3,(H2,36,39)(H,37,40)(H,41,42)(H,43,44)/b19-16+;18-15+/t30-,31+,36+;27?,29-,30+,35+/m11/s1. The molecule has 2 aromatic carbocycles. The fourth-order valence-corrected chi connectivity index (χ4v) is 10.0. The zero-order valence-corrected chi connectivity index (χ0v) is 55.3. The minimum atomic E-state index is -2.89. The SMILES string of the molecule is CC#CCOc1ccc(C[C@H](NC(=O)[C@@H](/C=C/CCCCCCC(=O)CCCCCCC)[C@@](O)(CC(N)=O)C(=O)O)C(=O)OC)cc1.CC#CCOc1ccc(C[C@H](NC(=O)[C@@H](/C=C/CCCCCCC(O)CCCCCCC)[C@@](O)(CC(N)=O)C(=O)O)C(=O)O)cc1. The van der Waals surface area contributed by atoms with Crippen LogP contribution < -0.4 is 31.6 Å². The molecule has 0 aliphatic rings. The van der Waals surface area contributed by atoms with E-state index in [0.29, 0.717) is 61.2 Å². The lowest BCUT2D eigenvalue weighted by Gasteiger charge is -2.30. The van der Waals surface area contributed by atoms with Crippen LogP contribution in [0, 0.1) is 35.5 Å². The molecular weight excluding hydrogens is 1200 g/mol. The van der Waals surface area contributed by atoms with Gasteiger partial charge in [-0.3, -0.25) is 24.0 Å². The van der Waals surface area contributed by atoms with Crippen molar-refractivity contribution in [3.05, 3.63) is 84.0 Å². The topological polar surface area (TPSA) is 379 Å². The van der Waals surface area contributed by atoms with Crippen LogP contribution in [-0.4, -0.2) is 134 Å². The van der Waals surface area contributed by atoms with Gasteiger partial charge in [-0.25, -0.2) is 19.2 Å². The normalized spacial score (nSPS) is 13.9. The number of carboxylic acids is 3. The molecule has 7 atom stereocenters. The summed E-state index contributed by atoms with van der Waals surface area (Å²) in [6.07, 6.45) is 24.5. The molecule has 0 saturated heterocycles. The molecule has 0 aliphatic heterocycles. The van der Waals surface area contributed by atoms with E-state index in [9.17, 15) is 73.8 Å². The first kappa shape index (κ1) is 83.0. The summed E-state index contributed by atoms with van der Waals surface area (Å²) in [6, 6.07) is 10.6. The monoisotopic (exact) mass is 1300 g/mol. The number of carbonyl (C=O) groups excluding carboxylic acids is 6. The first-order valence-corrected chi connectivity index (χ1v) is 32.6. The average Bonchev–Trinajstić information content (AvgIpc) is 0.872. The van der Waals surface area contributed by atoms with Crippen LogP contribution in [0.3, 0.4) is 0 Å². The van der Waals surface area contributed by atoms with Crippen LogP contribution in [0.1, 0.15) is 206 Å². The molecule has 0 spiro atoms. The van der Waals surface area contributed by atoms with Gasteiger partial charge in [0.05, 0.1) is 37.9 Å². The highest BCUT2D eigenvalue weighted by Crippen LogP contribution is 2.28. The van der Waals surface area contributed by atoms with Crippen LogP contribution in [0.5, 0.6) is 11.5 Å². The van der Waals surface area contributed by atoms with Crippen LogP contribution in [0.25, 0.3) is 0 Å². The summed E-state index contributed by atoms with van der Waals surface area (Å²) in [6.45, 7) is 8.12. The number of primary amides is 2. The van der Waals surface area contributed by atoms with Crippen LogP contribution in [-0.2, 0) is 60.7 Å². The number of aliphatic hydroxyl groups excluding tert-OH is 1. The molecule has 1 unspecified atom stereocenters. The Hall–Kier alpha value is -8.05. The Labute approximate surface area is 549 Å². The molecule has 22 heteroatoms. The van der Waals surface area contributed by atoms with Crippen molar-refractivity contribution in [2.45, 2.75) is 237 Å². The molecule has 516 valence electrons. The molecular formula is C71H104N4O18. The number of amides is 4. The van der Waals surface area contributed by atoms with Crippen molar-refractivity contribution in [2.75, 3.05) is 20.3 Å². The average molecular weight is 1300 g/mol. The number of rotatable bonds is 50. The van der Waals surface area contributed by atoms with Gasteiger partial charge in [0.1, 0.15) is 42.6 Å². The second kappa shape index (κ2) is 48.7. The van der Waals surface area contributed by atoms with Gasteiger partial charge < -0.3 is 67.0 Å². The summed E-state index contributed by atoms with van der Waals surface area (Å²) < 4.78 is 15.8. The minimum Gasteiger partial charge on any atom is -0.481 e. The molecule has 4 amide bonds. The van der Waals surface area contributed by atoms with Gasteiger partial charge in [-0.1, -0.05) is 164 Å². The molecule has 0 fully saturated rings. The third-order valence-corrected chi connectivity index (χ3v) is 15.4. The number of benzene rings is 2. The number of hydrogen-bond donors (Lipinski definition) is 10. The van der Waals surface area contributed by atoms with E-state index in [1.807, 2.05) is 0 Å². The molecule has 12 N–H and O–H groups in total. The van der Waals surface area contributed by atoms with Gasteiger partial charge in [-0.15, -0.1) is 11.8 Å². The minimum absolute atomic E-state index is 0.00737. The highest BCUT2D eigenvalue weighted by molar-refractivity contribution is 5.96. The Morgan fingerprint density at radius 2 is 0.903 bits per heavy atom. The number of nitrogens with one attached hydrogen (secondary N) is 2. The summed E-state index contributed by atoms with van der Waals surface area (Å²) >= 11 is 0. The van der Waals surface area contributed by atoms with Crippen molar-refractivity contribution >= 4 is 53.3 Å². The molecule has 0 bridgehead atoms. The number of hydrogen-bond acceptors (Lipinski definition) is 15. The van der Waals surface area contributed by atoms with Crippen molar-refractivity contribution in [3.8, 4) is 35.2 Å². The van der Waals surface area contributed by atoms with Gasteiger partial charge in [0.2, 0.25) is 23.6 Å². The van der Waals surface area contributed by atoms with E-state index in [4.69, 9.17) is 25.7 Å².